The number of hydrogen-bond donors (Lipinski definition) is 0. The fraction of sp³-hybridized carbons (Fsp3) is 0.136. The van der Waals surface area contributed by atoms with Crippen LogP contribution in [-0.2, 0) is 0 Å². The van der Waals surface area contributed by atoms with Crippen molar-refractivity contribution >= 4 is 21.8 Å². The Morgan fingerprint density at radius 3 is 2.12 bits per heavy atom. The van der Waals surface area contributed by atoms with Crippen molar-refractivity contribution in [2.45, 2.75) is 13.3 Å². The van der Waals surface area contributed by atoms with Gasteiger partial charge < -0.3 is 4.74 Å². The molecule has 0 saturated heterocycles. The molecule has 0 saturated carbocycles. The fourth-order valence-corrected chi connectivity index (χ4v) is 3.11. The van der Waals surface area contributed by atoms with Gasteiger partial charge in [0.1, 0.15) is 5.75 Å². The lowest BCUT2D eigenvalue weighted by molar-refractivity contribution is 0.317. The second-order valence-electron chi connectivity index (χ2n) is 5.90. The number of hydrogen-bond acceptors (Lipinski definition) is 2. The molecule has 4 rings (SSSR count). The first-order valence-corrected chi connectivity index (χ1v) is 8.37. The van der Waals surface area contributed by atoms with E-state index in [2.05, 4.69) is 61.5 Å². The maximum atomic E-state index is 5.83. The molecule has 0 fully saturated rings. The van der Waals surface area contributed by atoms with Gasteiger partial charge in [0.25, 0.3) is 0 Å². The Kier molecular flexibility index (Phi) is 3.87. The highest BCUT2D eigenvalue weighted by atomic mass is 16.5. The first-order valence-electron chi connectivity index (χ1n) is 8.37. The van der Waals surface area contributed by atoms with E-state index < -0.39 is 0 Å². The summed E-state index contributed by atoms with van der Waals surface area (Å²) in [4.78, 5) is 4.80. The molecule has 0 spiro atoms. The topological polar surface area (TPSA) is 22.1 Å². The number of fused-ring (bicyclic) bond motifs is 2. The third-order valence-corrected chi connectivity index (χ3v) is 4.18. The van der Waals surface area contributed by atoms with Crippen molar-refractivity contribution < 1.29 is 4.74 Å². The largest absolute Gasteiger partial charge is 0.494 e. The highest BCUT2D eigenvalue weighted by molar-refractivity contribution is 6.09. The van der Waals surface area contributed by atoms with E-state index in [9.17, 15) is 0 Å². The second kappa shape index (κ2) is 6.32. The standard InChI is InChI=1S/C22H19NO/c1-2-14-24-17-9-7-8-16(15-17)22-18-10-3-5-12-20(18)23-21-13-6-4-11-19(21)22/h3-13,15H,2,14H2,1H3. The zero-order valence-electron chi connectivity index (χ0n) is 13.7. The second-order valence-corrected chi connectivity index (χ2v) is 5.90. The monoisotopic (exact) mass is 313 g/mol. The van der Waals surface area contributed by atoms with Crippen molar-refractivity contribution in [2.75, 3.05) is 6.61 Å². The third kappa shape index (κ3) is 2.61. The van der Waals surface area contributed by atoms with Crippen molar-refractivity contribution in [1.82, 2.24) is 4.98 Å². The predicted molar refractivity (Wildman–Crippen MR) is 100 cm³/mol. The number of aromatic nitrogens is 1. The summed E-state index contributed by atoms with van der Waals surface area (Å²) < 4.78 is 5.83. The summed E-state index contributed by atoms with van der Waals surface area (Å²) in [5, 5.41) is 2.34. The van der Waals surface area contributed by atoms with Crippen LogP contribution in [0, 0.1) is 0 Å². The number of benzene rings is 3. The van der Waals surface area contributed by atoms with Crippen LogP contribution in [0.25, 0.3) is 32.9 Å². The lowest BCUT2D eigenvalue weighted by Gasteiger charge is -2.12. The highest BCUT2D eigenvalue weighted by Gasteiger charge is 2.11. The zero-order chi connectivity index (χ0) is 16.4. The van der Waals surface area contributed by atoms with Crippen LogP contribution in [-0.4, -0.2) is 11.6 Å². The van der Waals surface area contributed by atoms with Gasteiger partial charge in [0.2, 0.25) is 0 Å². The normalized spacial score (nSPS) is 11.0. The summed E-state index contributed by atoms with van der Waals surface area (Å²) >= 11 is 0. The van der Waals surface area contributed by atoms with Crippen LogP contribution < -0.4 is 4.74 Å². The number of ether oxygens (including phenoxy) is 1. The highest BCUT2D eigenvalue weighted by Crippen LogP contribution is 2.35. The lowest BCUT2D eigenvalue weighted by Crippen LogP contribution is -1.95. The Morgan fingerprint density at radius 2 is 1.46 bits per heavy atom. The smallest absolute Gasteiger partial charge is 0.119 e. The van der Waals surface area contributed by atoms with Gasteiger partial charge in [-0.1, -0.05) is 55.5 Å². The van der Waals surface area contributed by atoms with Crippen molar-refractivity contribution in [1.29, 1.82) is 0 Å². The van der Waals surface area contributed by atoms with E-state index in [4.69, 9.17) is 9.72 Å². The SMILES string of the molecule is CCCOc1cccc(-c2c3ccccc3nc3ccccc23)c1. The molecule has 1 aromatic heterocycles. The molecule has 118 valence electrons. The maximum absolute atomic E-state index is 5.83. The predicted octanol–water partition coefficient (Wildman–Crippen LogP) is 5.84. The van der Waals surface area contributed by atoms with E-state index in [1.54, 1.807) is 0 Å². The third-order valence-electron chi connectivity index (χ3n) is 4.18. The summed E-state index contributed by atoms with van der Waals surface area (Å²) in [5.41, 5.74) is 4.42. The van der Waals surface area contributed by atoms with Gasteiger partial charge in [0.15, 0.2) is 0 Å². The molecule has 2 heteroatoms. The molecule has 0 N–H and O–H groups in total. The molecule has 1 heterocycles. The summed E-state index contributed by atoms with van der Waals surface area (Å²) in [5.74, 6) is 0.916. The van der Waals surface area contributed by atoms with Crippen molar-refractivity contribution in [2.24, 2.45) is 0 Å². The first kappa shape index (κ1) is 14.7. The molecule has 24 heavy (non-hydrogen) atoms. The average Bonchev–Trinajstić information content (AvgIpc) is 2.64. The molecule has 0 radical (unpaired) electrons. The summed E-state index contributed by atoms with van der Waals surface area (Å²) in [6.45, 7) is 2.86. The first-order chi connectivity index (χ1) is 11.9. The van der Waals surface area contributed by atoms with Gasteiger partial charge in [0.05, 0.1) is 17.6 Å². The van der Waals surface area contributed by atoms with E-state index >= 15 is 0 Å². The van der Waals surface area contributed by atoms with Crippen molar-refractivity contribution in [3.8, 4) is 16.9 Å². The molecule has 0 aliphatic carbocycles. The van der Waals surface area contributed by atoms with Crippen LogP contribution in [0.2, 0.25) is 0 Å². The molecular weight excluding hydrogens is 294 g/mol. The molecule has 4 aromatic rings. The Balaban J connectivity index is 2.00. The van der Waals surface area contributed by atoms with Gasteiger partial charge in [-0.2, -0.15) is 0 Å². The van der Waals surface area contributed by atoms with E-state index in [-0.39, 0.29) is 0 Å². The Bertz CT molecular complexity index is 953. The van der Waals surface area contributed by atoms with Crippen molar-refractivity contribution in [3.05, 3.63) is 72.8 Å². The van der Waals surface area contributed by atoms with Crippen LogP contribution in [0.3, 0.4) is 0 Å². The molecule has 3 aromatic carbocycles. The minimum absolute atomic E-state index is 0.737. The van der Waals surface area contributed by atoms with Gasteiger partial charge in [-0.15, -0.1) is 0 Å². The molecule has 0 atom stereocenters. The molecular formula is C22H19NO. The van der Waals surface area contributed by atoms with E-state index in [1.807, 2.05) is 18.2 Å². The van der Waals surface area contributed by atoms with Gasteiger partial charge in [-0.3, -0.25) is 0 Å². The van der Waals surface area contributed by atoms with E-state index in [0.29, 0.717) is 0 Å². The van der Waals surface area contributed by atoms with Crippen LogP contribution in [0.4, 0.5) is 0 Å². The van der Waals surface area contributed by atoms with E-state index in [1.165, 1.54) is 21.9 Å². The molecule has 0 amide bonds. The molecule has 0 bridgehead atoms. The summed E-state index contributed by atoms with van der Waals surface area (Å²) in [6.07, 6.45) is 1.01. The molecule has 0 unspecified atom stereocenters. The number of para-hydroxylation sites is 2. The van der Waals surface area contributed by atoms with Crippen molar-refractivity contribution in [3.63, 3.8) is 0 Å². The Morgan fingerprint density at radius 1 is 0.792 bits per heavy atom. The molecule has 2 nitrogen and oxygen atoms in total. The Labute approximate surface area is 141 Å². The summed E-state index contributed by atoms with van der Waals surface area (Å²) in [6, 6.07) is 25.0. The van der Waals surface area contributed by atoms with Gasteiger partial charge in [-0.25, -0.2) is 4.98 Å². The van der Waals surface area contributed by atoms with Crippen LogP contribution in [0.5, 0.6) is 5.75 Å². The van der Waals surface area contributed by atoms with Crippen LogP contribution >= 0.6 is 0 Å². The van der Waals surface area contributed by atoms with Gasteiger partial charge in [0, 0.05) is 16.3 Å². The minimum atomic E-state index is 0.737. The number of nitrogens with zero attached hydrogens (tertiary/aromatic N) is 1. The maximum Gasteiger partial charge on any atom is 0.119 e. The lowest BCUT2D eigenvalue weighted by atomic mass is 9.96. The zero-order valence-corrected chi connectivity index (χ0v) is 13.7. The minimum Gasteiger partial charge on any atom is -0.494 e. The van der Waals surface area contributed by atoms with Gasteiger partial charge >= 0.3 is 0 Å². The van der Waals surface area contributed by atoms with Gasteiger partial charge in [-0.05, 0) is 36.2 Å². The number of rotatable bonds is 4. The quantitative estimate of drug-likeness (QED) is 0.441. The summed E-state index contributed by atoms with van der Waals surface area (Å²) in [7, 11) is 0. The van der Waals surface area contributed by atoms with Crippen LogP contribution in [0.15, 0.2) is 72.8 Å². The fourth-order valence-electron chi connectivity index (χ4n) is 3.11. The Hall–Kier alpha value is -2.87. The number of pyridine rings is 1. The molecule has 0 aliphatic rings. The average molecular weight is 313 g/mol. The van der Waals surface area contributed by atoms with Crippen LogP contribution in [0.1, 0.15) is 13.3 Å². The van der Waals surface area contributed by atoms with E-state index in [0.717, 1.165) is 29.8 Å². The molecule has 0 aliphatic heterocycles.